The number of benzene rings is 1. The van der Waals surface area contributed by atoms with E-state index in [4.69, 9.17) is 15.2 Å². The molecule has 23 heavy (non-hydrogen) atoms. The summed E-state index contributed by atoms with van der Waals surface area (Å²) in [6.07, 6.45) is 0.748. The van der Waals surface area contributed by atoms with Gasteiger partial charge in [0.2, 0.25) is 5.91 Å². The molecule has 0 aliphatic heterocycles. The van der Waals surface area contributed by atoms with E-state index in [1.807, 2.05) is 25.1 Å². The summed E-state index contributed by atoms with van der Waals surface area (Å²) in [5.41, 5.74) is 6.78. The van der Waals surface area contributed by atoms with Crippen LogP contribution < -0.4 is 25.8 Å². The SMILES string of the molecule is CCNC(=O)CN=C(N)NCCc1ccc(OC)c(OC)c1.I. The molecule has 0 heterocycles. The number of rotatable bonds is 8. The maximum atomic E-state index is 11.2. The summed E-state index contributed by atoms with van der Waals surface area (Å²) >= 11 is 0. The first-order valence-electron chi connectivity index (χ1n) is 7.12. The molecule has 8 heteroatoms. The Morgan fingerprint density at radius 2 is 1.91 bits per heavy atom. The summed E-state index contributed by atoms with van der Waals surface area (Å²) in [7, 11) is 3.21. The second-order valence-electron chi connectivity index (χ2n) is 4.52. The second kappa shape index (κ2) is 11.8. The van der Waals surface area contributed by atoms with Crippen LogP contribution in [0.25, 0.3) is 0 Å². The maximum Gasteiger partial charge on any atom is 0.241 e. The summed E-state index contributed by atoms with van der Waals surface area (Å²) in [4.78, 5) is 15.2. The van der Waals surface area contributed by atoms with Crippen molar-refractivity contribution in [2.24, 2.45) is 10.7 Å². The monoisotopic (exact) mass is 436 g/mol. The molecule has 1 amide bonds. The molecule has 0 radical (unpaired) electrons. The number of amides is 1. The van der Waals surface area contributed by atoms with Crippen LogP contribution in [-0.2, 0) is 11.2 Å². The van der Waals surface area contributed by atoms with Crippen molar-refractivity contribution in [1.82, 2.24) is 10.6 Å². The standard InChI is InChI=1S/C15H24N4O3.HI/c1-4-17-14(20)10-19-15(16)18-8-7-11-5-6-12(21-2)13(9-11)22-3;/h5-6,9H,4,7-8,10H2,1-3H3,(H,17,20)(H3,16,18,19);1H. The number of aliphatic imine (C=N–C) groups is 1. The largest absolute Gasteiger partial charge is 0.493 e. The fourth-order valence-electron chi connectivity index (χ4n) is 1.84. The molecule has 0 saturated heterocycles. The summed E-state index contributed by atoms with van der Waals surface area (Å²) in [5, 5.41) is 5.62. The molecule has 0 aromatic heterocycles. The van der Waals surface area contributed by atoms with Crippen molar-refractivity contribution < 1.29 is 14.3 Å². The average molecular weight is 436 g/mol. The van der Waals surface area contributed by atoms with E-state index in [9.17, 15) is 4.79 Å². The van der Waals surface area contributed by atoms with Gasteiger partial charge >= 0.3 is 0 Å². The van der Waals surface area contributed by atoms with Gasteiger partial charge in [-0.25, -0.2) is 4.99 Å². The highest BCUT2D eigenvalue weighted by atomic mass is 127. The van der Waals surface area contributed by atoms with Gasteiger partial charge in [-0.15, -0.1) is 24.0 Å². The molecular formula is C15H25IN4O3. The fourth-order valence-corrected chi connectivity index (χ4v) is 1.84. The maximum absolute atomic E-state index is 11.2. The molecule has 1 aromatic rings. The molecule has 7 nitrogen and oxygen atoms in total. The smallest absolute Gasteiger partial charge is 0.241 e. The van der Waals surface area contributed by atoms with Gasteiger partial charge in [-0.05, 0) is 31.0 Å². The second-order valence-corrected chi connectivity index (χ2v) is 4.52. The molecule has 0 aliphatic carbocycles. The Bertz CT molecular complexity index is 523. The van der Waals surface area contributed by atoms with Crippen LogP contribution in [0, 0.1) is 0 Å². The normalized spacial score (nSPS) is 10.5. The number of carbonyl (C=O) groups is 1. The van der Waals surface area contributed by atoms with Crippen LogP contribution in [0.1, 0.15) is 12.5 Å². The number of nitrogens with two attached hydrogens (primary N) is 1. The van der Waals surface area contributed by atoms with Crippen molar-refractivity contribution in [2.45, 2.75) is 13.3 Å². The first kappa shape index (κ1) is 21.3. The predicted molar refractivity (Wildman–Crippen MR) is 102 cm³/mol. The Balaban J connectivity index is 0.00000484. The molecular weight excluding hydrogens is 411 g/mol. The van der Waals surface area contributed by atoms with E-state index in [-0.39, 0.29) is 42.4 Å². The Kier molecular flexibility index (Phi) is 10.9. The minimum Gasteiger partial charge on any atom is -0.493 e. The molecule has 0 aliphatic rings. The molecule has 0 atom stereocenters. The van der Waals surface area contributed by atoms with Crippen molar-refractivity contribution in [3.8, 4) is 11.5 Å². The van der Waals surface area contributed by atoms with Crippen LogP contribution in [0.3, 0.4) is 0 Å². The predicted octanol–water partition coefficient (Wildman–Crippen LogP) is 0.905. The van der Waals surface area contributed by atoms with E-state index in [1.165, 1.54) is 0 Å². The van der Waals surface area contributed by atoms with Crippen molar-refractivity contribution >= 4 is 35.8 Å². The first-order chi connectivity index (χ1) is 10.6. The van der Waals surface area contributed by atoms with E-state index in [0.29, 0.717) is 24.6 Å². The zero-order valence-electron chi connectivity index (χ0n) is 13.7. The number of ether oxygens (including phenoxy) is 2. The zero-order valence-corrected chi connectivity index (χ0v) is 16.0. The van der Waals surface area contributed by atoms with E-state index in [2.05, 4.69) is 15.6 Å². The van der Waals surface area contributed by atoms with Crippen LogP contribution in [-0.4, -0.2) is 45.7 Å². The quantitative estimate of drug-likeness (QED) is 0.320. The first-order valence-corrected chi connectivity index (χ1v) is 7.12. The molecule has 1 rings (SSSR count). The van der Waals surface area contributed by atoms with Gasteiger partial charge in [-0.3, -0.25) is 4.79 Å². The summed E-state index contributed by atoms with van der Waals surface area (Å²) in [6, 6.07) is 5.74. The number of halogens is 1. The third-order valence-electron chi connectivity index (χ3n) is 2.93. The number of guanidine groups is 1. The number of nitrogens with zero attached hydrogens (tertiary/aromatic N) is 1. The van der Waals surface area contributed by atoms with Crippen molar-refractivity contribution in [3.63, 3.8) is 0 Å². The highest BCUT2D eigenvalue weighted by Crippen LogP contribution is 2.27. The molecule has 0 unspecified atom stereocenters. The Labute approximate surface area is 154 Å². The lowest BCUT2D eigenvalue weighted by molar-refractivity contribution is -0.119. The van der Waals surface area contributed by atoms with Crippen molar-refractivity contribution in [3.05, 3.63) is 23.8 Å². The molecule has 130 valence electrons. The van der Waals surface area contributed by atoms with Gasteiger partial charge in [0, 0.05) is 13.1 Å². The highest BCUT2D eigenvalue weighted by molar-refractivity contribution is 14.0. The third kappa shape index (κ3) is 7.91. The van der Waals surface area contributed by atoms with Crippen LogP contribution in [0.15, 0.2) is 23.2 Å². The van der Waals surface area contributed by atoms with Gasteiger partial charge in [-0.1, -0.05) is 6.07 Å². The minimum absolute atomic E-state index is 0. The topological polar surface area (TPSA) is 98.0 Å². The van der Waals surface area contributed by atoms with E-state index in [0.717, 1.165) is 12.0 Å². The minimum atomic E-state index is -0.146. The lowest BCUT2D eigenvalue weighted by atomic mass is 10.1. The third-order valence-corrected chi connectivity index (χ3v) is 2.93. The van der Waals surface area contributed by atoms with Gasteiger partial charge in [-0.2, -0.15) is 0 Å². The number of nitrogens with one attached hydrogen (secondary N) is 2. The molecule has 0 fully saturated rings. The number of carbonyl (C=O) groups excluding carboxylic acids is 1. The van der Waals surface area contributed by atoms with Gasteiger partial charge in [0.15, 0.2) is 17.5 Å². The lowest BCUT2D eigenvalue weighted by Crippen LogP contribution is -2.35. The van der Waals surface area contributed by atoms with Crippen molar-refractivity contribution in [1.29, 1.82) is 0 Å². The Morgan fingerprint density at radius 1 is 1.22 bits per heavy atom. The number of hydrogen-bond acceptors (Lipinski definition) is 4. The van der Waals surface area contributed by atoms with E-state index in [1.54, 1.807) is 14.2 Å². The summed E-state index contributed by atoms with van der Waals surface area (Å²) in [6.45, 7) is 3.08. The van der Waals surface area contributed by atoms with E-state index < -0.39 is 0 Å². The molecule has 0 spiro atoms. The van der Waals surface area contributed by atoms with E-state index >= 15 is 0 Å². The molecule has 4 N–H and O–H groups in total. The highest BCUT2D eigenvalue weighted by Gasteiger charge is 2.04. The van der Waals surface area contributed by atoms with Gasteiger partial charge in [0.05, 0.1) is 14.2 Å². The Morgan fingerprint density at radius 3 is 2.52 bits per heavy atom. The number of methoxy groups -OCH3 is 2. The van der Waals surface area contributed by atoms with Crippen LogP contribution in [0.2, 0.25) is 0 Å². The van der Waals surface area contributed by atoms with Crippen LogP contribution >= 0.6 is 24.0 Å². The van der Waals surface area contributed by atoms with Crippen LogP contribution in [0.4, 0.5) is 0 Å². The number of likely N-dealkylation sites (N-methyl/N-ethyl adjacent to an activating group) is 1. The lowest BCUT2D eigenvalue weighted by Gasteiger charge is -2.10. The summed E-state index contributed by atoms with van der Waals surface area (Å²) in [5.74, 6) is 1.50. The van der Waals surface area contributed by atoms with Crippen molar-refractivity contribution in [2.75, 3.05) is 33.9 Å². The number of hydrogen-bond donors (Lipinski definition) is 3. The van der Waals surface area contributed by atoms with Gasteiger partial charge < -0.3 is 25.8 Å². The Hall–Kier alpha value is -1.71. The van der Waals surface area contributed by atoms with Gasteiger partial charge in [0.1, 0.15) is 6.54 Å². The average Bonchev–Trinajstić information content (AvgIpc) is 2.53. The summed E-state index contributed by atoms with van der Waals surface area (Å²) < 4.78 is 10.4. The fraction of sp³-hybridized carbons (Fsp3) is 0.467. The molecule has 0 saturated carbocycles. The van der Waals surface area contributed by atoms with Crippen LogP contribution in [0.5, 0.6) is 11.5 Å². The molecule has 1 aromatic carbocycles. The molecule has 0 bridgehead atoms. The zero-order chi connectivity index (χ0) is 16.4. The van der Waals surface area contributed by atoms with Gasteiger partial charge in [0.25, 0.3) is 0 Å².